The summed E-state index contributed by atoms with van der Waals surface area (Å²) in [5, 5.41) is 2.82. The first kappa shape index (κ1) is 21.9. The highest BCUT2D eigenvalue weighted by atomic mass is 35.5. The van der Waals surface area contributed by atoms with E-state index in [4.69, 9.17) is 11.6 Å². The van der Waals surface area contributed by atoms with Gasteiger partial charge in [-0.1, -0.05) is 42.8 Å². The molecule has 1 amide bonds. The first-order valence-corrected chi connectivity index (χ1v) is 11.4. The first-order valence-electron chi connectivity index (χ1n) is 9.50. The van der Waals surface area contributed by atoms with Crippen LogP contribution in [0.5, 0.6) is 0 Å². The molecule has 0 aromatic heterocycles. The van der Waals surface area contributed by atoms with E-state index in [-0.39, 0.29) is 15.5 Å². The third-order valence-electron chi connectivity index (χ3n) is 4.95. The number of aryl methyl sites for hydroxylation is 2. The van der Waals surface area contributed by atoms with Crippen molar-refractivity contribution in [1.29, 1.82) is 0 Å². The molecule has 0 unspecified atom stereocenters. The molecule has 0 aliphatic rings. The van der Waals surface area contributed by atoms with Crippen LogP contribution in [-0.4, -0.2) is 14.3 Å². The zero-order chi connectivity index (χ0) is 21.9. The Morgan fingerprint density at radius 1 is 1.00 bits per heavy atom. The zero-order valence-corrected chi connectivity index (χ0v) is 18.6. The molecule has 0 saturated carbocycles. The second-order valence-electron chi connectivity index (χ2n) is 7.00. The average molecular weight is 443 g/mol. The van der Waals surface area contributed by atoms with Gasteiger partial charge >= 0.3 is 0 Å². The van der Waals surface area contributed by atoms with Crippen LogP contribution in [0.2, 0.25) is 5.02 Å². The van der Waals surface area contributed by atoms with E-state index < -0.39 is 15.9 Å². The molecular formula is C23H23ClN2O3S. The second kappa shape index (κ2) is 8.90. The molecule has 0 aliphatic heterocycles. The second-order valence-corrected chi connectivity index (χ2v) is 9.06. The predicted octanol–water partition coefficient (Wildman–Crippen LogP) is 5.57. The molecular weight excluding hydrogens is 420 g/mol. The molecule has 3 aromatic carbocycles. The minimum Gasteiger partial charge on any atom is -0.322 e. The van der Waals surface area contributed by atoms with E-state index in [0.717, 1.165) is 23.1 Å². The summed E-state index contributed by atoms with van der Waals surface area (Å²) in [6.07, 6.45) is 0.903. The maximum atomic E-state index is 13.0. The molecule has 2 N–H and O–H groups in total. The standard InChI is InChI=1S/C23H23ClN2O3S/c1-4-17-8-11-19(12-9-17)25-23(27)18-10-13-20(24)22(14-18)30(28,29)26-21-7-5-6-15(2)16(21)3/h5-14,26H,4H2,1-3H3,(H,25,27). The van der Waals surface area contributed by atoms with Gasteiger partial charge in [-0.05, 0) is 73.4 Å². The summed E-state index contributed by atoms with van der Waals surface area (Å²) in [5.74, 6) is -0.417. The van der Waals surface area contributed by atoms with Crippen LogP contribution in [0.4, 0.5) is 11.4 Å². The van der Waals surface area contributed by atoms with Gasteiger partial charge in [-0.3, -0.25) is 9.52 Å². The number of hydrogen-bond donors (Lipinski definition) is 2. The lowest BCUT2D eigenvalue weighted by molar-refractivity contribution is 0.102. The molecule has 0 bridgehead atoms. The number of amides is 1. The largest absolute Gasteiger partial charge is 0.322 e. The van der Waals surface area contributed by atoms with Crippen molar-refractivity contribution in [2.75, 3.05) is 10.0 Å². The highest BCUT2D eigenvalue weighted by molar-refractivity contribution is 7.92. The van der Waals surface area contributed by atoms with E-state index in [0.29, 0.717) is 11.4 Å². The molecule has 0 fully saturated rings. The van der Waals surface area contributed by atoms with Gasteiger partial charge in [0.25, 0.3) is 15.9 Å². The Morgan fingerprint density at radius 3 is 2.37 bits per heavy atom. The molecule has 5 nitrogen and oxygen atoms in total. The van der Waals surface area contributed by atoms with Crippen molar-refractivity contribution in [3.8, 4) is 0 Å². The molecule has 0 spiro atoms. The van der Waals surface area contributed by atoms with E-state index in [9.17, 15) is 13.2 Å². The van der Waals surface area contributed by atoms with E-state index in [2.05, 4.69) is 17.0 Å². The molecule has 156 valence electrons. The molecule has 7 heteroatoms. The Morgan fingerprint density at radius 2 is 1.70 bits per heavy atom. The van der Waals surface area contributed by atoms with E-state index >= 15 is 0 Å². The van der Waals surface area contributed by atoms with Gasteiger partial charge in [0.2, 0.25) is 0 Å². The monoisotopic (exact) mass is 442 g/mol. The van der Waals surface area contributed by atoms with Gasteiger partial charge in [-0.15, -0.1) is 0 Å². The van der Waals surface area contributed by atoms with Crippen molar-refractivity contribution in [2.24, 2.45) is 0 Å². The lowest BCUT2D eigenvalue weighted by atomic mass is 10.1. The first-order chi connectivity index (χ1) is 14.2. The normalized spacial score (nSPS) is 11.2. The van der Waals surface area contributed by atoms with Crippen molar-refractivity contribution in [2.45, 2.75) is 32.1 Å². The van der Waals surface area contributed by atoms with Gasteiger partial charge in [-0.2, -0.15) is 0 Å². The number of halogens is 1. The number of benzene rings is 3. The third kappa shape index (κ3) is 4.83. The minimum atomic E-state index is -3.98. The summed E-state index contributed by atoms with van der Waals surface area (Å²) in [6.45, 7) is 5.79. The van der Waals surface area contributed by atoms with Crippen molar-refractivity contribution in [3.63, 3.8) is 0 Å². The summed E-state index contributed by atoms with van der Waals surface area (Å²) < 4.78 is 28.5. The lowest BCUT2D eigenvalue weighted by Gasteiger charge is -2.14. The molecule has 0 radical (unpaired) electrons. The predicted molar refractivity (Wildman–Crippen MR) is 122 cm³/mol. The van der Waals surface area contributed by atoms with Gasteiger partial charge in [-0.25, -0.2) is 8.42 Å². The fourth-order valence-electron chi connectivity index (χ4n) is 2.94. The number of rotatable bonds is 6. The van der Waals surface area contributed by atoms with E-state index in [1.54, 1.807) is 12.1 Å². The Labute approximate surface area is 182 Å². The molecule has 0 heterocycles. The van der Waals surface area contributed by atoms with Crippen LogP contribution in [-0.2, 0) is 16.4 Å². The van der Waals surface area contributed by atoms with Crippen molar-refractivity contribution in [3.05, 3.63) is 87.9 Å². The SMILES string of the molecule is CCc1ccc(NC(=O)c2ccc(Cl)c(S(=O)(=O)Nc3cccc(C)c3C)c2)cc1. The van der Waals surface area contributed by atoms with Gasteiger partial charge in [0.1, 0.15) is 4.90 Å². The third-order valence-corrected chi connectivity index (χ3v) is 6.80. The van der Waals surface area contributed by atoms with Gasteiger partial charge in [0, 0.05) is 11.3 Å². The summed E-state index contributed by atoms with van der Waals surface area (Å²) >= 11 is 6.17. The van der Waals surface area contributed by atoms with Gasteiger partial charge in [0.05, 0.1) is 10.7 Å². The minimum absolute atomic E-state index is 0.0386. The summed E-state index contributed by atoms with van der Waals surface area (Å²) in [5.41, 5.74) is 4.23. The topological polar surface area (TPSA) is 75.3 Å². The number of hydrogen-bond acceptors (Lipinski definition) is 3. The number of anilines is 2. The fourth-order valence-corrected chi connectivity index (χ4v) is 4.59. The van der Waals surface area contributed by atoms with Crippen molar-refractivity contribution >= 4 is 38.9 Å². The number of carbonyl (C=O) groups is 1. The fraction of sp³-hybridized carbons (Fsp3) is 0.174. The van der Waals surface area contributed by atoms with Crippen LogP contribution in [0.1, 0.15) is 34.0 Å². The Hall–Kier alpha value is -2.83. The Kier molecular flexibility index (Phi) is 6.48. The maximum absolute atomic E-state index is 13.0. The Balaban J connectivity index is 1.88. The highest BCUT2D eigenvalue weighted by Gasteiger charge is 2.21. The molecule has 0 atom stereocenters. The van der Waals surface area contributed by atoms with Gasteiger partial charge < -0.3 is 5.32 Å². The lowest BCUT2D eigenvalue weighted by Crippen LogP contribution is -2.17. The highest BCUT2D eigenvalue weighted by Crippen LogP contribution is 2.27. The molecule has 30 heavy (non-hydrogen) atoms. The molecule has 3 rings (SSSR count). The summed E-state index contributed by atoms with van der Waals surface area (Å²) in [7, 11) is -3.98. The smallest absolute Gasteiger partial charge is 0.263 e. The number of carbonyl (C=O) groups excluding carboxylic acids is 1. The van der Waals surface area contributed by atoms with E-state index in [1.807, 2.05) is 44.2 Å². The average Bonchev–Trinajstić information content (AvgIpc) is 2.72. The van der Waals surface area contributed by atoms with Crippen LogP contribution >= 0.6 is 11.6 Å². The van der Waals surface area contributed by atoms with Crippen LogP contribution in [0.3, 0.4) is 0 Å². The quantitative estimate of drug-likeness (QED) is 0.523. The number of sulfonamides is 1. The maximum Gasteiger partial charge on any atom is 0.263 e. The summed E-state index contributed by atoms with van der Waals surface area (Å²) in [6, 6.07) is 17.0. The molecule has 0 aliphatic carbocycles. The molecule has 3 aromatic rings. The van der Waals surface area contributed by atoms with Crippen LogP contribution in [0, 0.1) is 13.8 Å². The van der Waals surface area contributed by atoms with Crippen LogP contribution in [0.25, 0.3) is 0 Å². The van der Waals surface area contributed by atoms with E-state index in [1.165, 1.54) is 18.2 Å². The zero-order valence-electron chi connectivity index (χ0n) is 17.0. The number of nitrogens with one attached hydrogen (secondary N) is 2. The van der Waals surface area contributed by atoms with Crippen LogP contribution in [0.15, 0.2) is 65.6 Å². The van der Waals surface area contributed by atoms with Crippen molar-refractivity contribution in [1.82, 2.24) is 0 Å². The summed E-state index contributed by atoms with van der Waals surface area (Å²) in [4.78, 5) is 12.5. The van der Waals surface area contributed by atoms with Crippen LogP contribution < -0.4 is 10.0 Å². The van der Waals surface area contributed by atoms with Gasteiger partial charge in [0.15, 0.2) is 0 Å². The van der Waals surface area contributed by atoms with Crippen molar-refractivity contribution < 1.29 is 13.2 Å². The Bertz CT molecular complexity index is 1190. The molecule has 0 saturated heterocycles.